The van der Waals surface area contributed by atoms with Crippen LogP contribution in [-0.4, -0.2) is 65.5 Å². The van der Waals surface area contributed by atoms with Crippen LogP contribution in [0.15, 0.2) is 54.6 Å². The van der Waals surface area contributed by atoms with Gasteiger partial charge in [0.15, 0.2) is 11.9 Å². The number of rotatable bonds is 9. The minimum atomic E-state index is -1.27. The van der Waals surface area contributed by atoms with E-state index in [1.165, 1.54) is 19.1 Å². The maximum absolute atomic E-state index is 13.6. The zero-order valence-corrected chi connectivity index (χ0v) is 31.1. The molecule has 6 atom stereocenters. The van der Waals surface area contributed by atoms with Gasteiger partial charge in [0.2, 0.25) is 11.8 Å². The van der Waals surface area contributed by atoms with Gasteiger partial charge in [-0.2, -0.15) is 0 Å². The summed E-state index contributed by atoms with van der Waals surface area (Å²) in [6.45, 7) is 11.7. The monoisotopic (exact) mass is 730 g/mol. The van der Waals surface area contributed by atoms with E-state index in [4.69, 9.17) is 32.7 Å². The topological polar surface area (TPSA) is 148 Å². The molecule has 0 aromatic heterocycles. The first kappa shape index (κ1) is 40.7. The molecule has 12 heteroatoms. The van der Waals surface area contributed by atoms with Crippen molar-refractivity contribution in [3.05, 3.63) is 81.9 Å². The maximum Gasteiger partial charge on any atom is 0.347 e. The highest BCUT2D eigenvalue weighted by Crippen LogP contribution is 2.32. The van der Waals surface area contributed by atoms with Crippen LogP contribution in [0.3, 0.4) is 0 Å². The van der Waals surface area contributed by atoms with E-state index in [9.17, 15) is 29.1 Å². The largest absolute Gasteiger partial charge is 0.459 e. The molecule has 1 heterocycles. The number of hydrogen-bond donors (Lipinski definition) is 3. The number of Topliss-reactive ketones (excluding diaryl/α,β-unsaturated/α-hetero) is 1. The van der Waals surface area contributed by atoms with E-state index in [1.807, 2.05) is 32.9 Å². The molecule has 2 aromatic carbocycles. The van der Waals surface area contributed by atoms with E-state index >= 15 is 0 Å². The Morgan fingerprint density at radius 3 is 2.30 bits per heavy atom. The van der Waals surface area contributed by atoms with E-state index in [1.54, 1.807) is 51.1 Å². The van der Waals surface area contributed by atoms with Crippen molar-refractivity contribution in [1.82, 2.24) is 10.6 Å². The third-order valence-electron chi connectivity index (χ3n) is 8.73. The summed E-state index contributed by atoms with van der Waals surface area (Å²) in [4.78, 5) is 65.4. The summed E-state index contributed by atoms with van der Waals surface area (Å²) in [5.41, 5.74) is 1.37. The van der Waals surface area contributed by atoms with Gasteiger partial charge in [-0.15, -0.1) is 11.6 Å². The van der Waals surface area contributed by atoms with E-state index in [2.05, 4.69) is 10.6 Å². The van der Waals surface area contributed by atoms with Crippen molar-refractivity contribution in [2.75, 3.05) is 6.54 Å². The maximum atomic E-state index is 13.6. The number of esters is 2. The Morgan fingerprint density at radius 1 is 1.04 bits per heavy atom. The number of alkyl halides is 1. The number of aryl methyl sites for hydroxylation is 1. The van der Waals surface area contributed by atoms with E-state index in [0.29, 0.717) is 16.1 Å². The van der Waals surface area contributed by atoms with Crippen molar-refractivity contribution in [3.8, 4) is 0 Å². The highest BCUT2D eigenvalue weighted by Gasteiger charge is 2.38. The quantitative estimate of drug-likeness (QED) is 0.166. The van der Waals surface area contributed by atoms with Gasteiger partial charge < -0.3 is 25.2 Å². The number of carbonyl (C=O) groups is 5. The standard InChI is InChI=1S/C38H48Cl2N2O8/c1-21(2)17-31-36(47)49-30(23(4)34(45)33(40)27-15-13-26(14-16-27)24(5)43)9-8-10-32(44)42-29(19-25-12-11-22(3)28(39)18-25)35(46)41-20-38(6,7)37(48)50-31/h8,10-16,18,21,23,29-31,33-34,45H,9,17,19-20H2,1-7H3,(H,41,46)(H,42,44)/b10-8+/t23-,29+,30-,31-,33-,34+/m0/s1. The van der Waals surface area contributed by atoms with Crippen LogP contribution in [0.5, 0.6) is 0 Å². The Hall–Kier alpha value is -3.73. The van der Waals surface area contributed by atoms with Crippen LogP contribution in [0.1, 0.15) is 86.8 Å². The molecule has 0 bridgehead atoms. The molecule has 50 heavy (non-hydrogen) atoms. The summed E-state index contributed by atoms with van der Waals surface area (Å²) >= 11 is 13.0. The van der Waals surface area contributed by atoms with Crippen molar-refractivity contribution >= 4 is 52.7 Å². The minimum absolute atomic E-state index is 0.0114. The molecule has 3 rings (SSSR count). The van der Waals surface area contributed by atoms with Crippen LogP contribution in [0.25, 0.3) is 0 Å². The number of halogens is 2. The number of nitrogens with one attached hydrogen (secondary N) is 2. The molecule has 10 nitrogen and oxygen atoms in total. The first-order chi connectivity index (χ1) is 23.4. The molecule has 1 aliphatic heterocycles. The van der Waals surface area contributed by atoms with E-state index in [-0.39, 0.29) is 37.5 Å². The molecule has 3 N–H and O–H groups in total. The van der Waals surface area contributed by atoms with Crippen molar-refractivity contribution in [2.45, 2.75) is 97.5 Å². The fourth-order valence-corrected chi connectivity index (χ4v) is 5.91. The smallest absolute Gasteiger partial charge is 0.347 e. The number of aliphatic hydroxyl groups is 1. The summed E-state index contributed by atoms with van der Waals surface area (Å²) in [6, 6.07) is 10.9. The van der Waals surface area contributed by atoms with Gasteiger partial charge in [-0.1, -0.05) is 74.8 Å². The molecule has 0 fully saturated rings. The lowest BCUT2D eigenvalue weighted by molar-refractivity contribution is -0.180. The number of ketones is 1. The predicted octanol–water partition coefficient (Wildman–Crippen LogP) is 5.83. The predicted molar refractivity (Wildman–Crippen MR) is 192 cm³/mol. The second-order valence-electron chi connectivity index (χ2n) is 14.0. The van der Waals surface area contributed by atoms with Gasteiger partial charge in [-0.25, -0.2) is 4.79 Å². The van der Waals surface area contributed by atoms with Gasteiger partial charge in [0.25, 0.3) is 0 Å². The van der Waals surface area contributed by atoms with Crippen LogP contribution < -0.4 is 10.6 Å². The Bertz CT molecular complexity index is 1570. The van der Waals surface area contributed by atoms with Crippen LogP contribution >= 0.6 is 23.2 Å². The molecule has 0 spiro atoms. The van der Waals surface area contributed by atoms with Gasteiger partial charge in [-0.05, 0) is 68.9 Å². The molecule has 0 radical (unpaired) electrons. The number of amides is 2. The molecular formula is C38H48Cl2N2O8. The Labute approximate surface area is 304 Å². The van der Waals surface area contributed by atoms with Gasteiger partial charge in [0.05, 0.1) is 16.9 Å². The Balaban J connectivity index is 1.96. The van der Waals surface area contributed by atoms with Crippen LogP contribution in [-0.2, 0) is 35.1 Å². The molecule has 0 saturated carbocycles. The zero-order valence-electron chi connectivity index (χ0n) is 29.6. The molecular weight excluding hydrogens is 683 g/mol. The highest BCUT2D eigenvalue weighted by molar-refractivity contribution is 6.31. The number of carbonyl (C=O) groups excluding carboxylic acids is 5. The lowest BCUT2D eigenvalue weighted by atomic mass is 9.90. The van der Waals surface area contributed by atoms with Crippen molar-refractivity contribution < 1.29 is 38.6 Å². The zero-order chi connectivity index (χ0) is 37.3. The van der Waals surface area contributed by atoms with Gasteiger partial charge in [0, 0.05) is 35.9 Å². The summed E-state index contributed by atoms with van der Waals surface area (Å²) in [7, 11) is 0. The average molecular weight is 732 g/mol. The molecule has 272 valence electrons. The summed E-state index contributed by atoms with van der Waals surface area (Å²) in [6.07, 6.45) is -0.498. The first-order valence-electron chi connectivity index (χ1n) is 16.7. The number of cyclic esters (lactones) is 2. The summed E-state index contributed by atoms with van der Waals surface area (Å²) < 4.78 is 11.7. The number of ether oxygens (including phenoxy) is 2. The van der Waals surface area contributed by atoms with E-state index < -0.39 is 64.8 Å². The molecule has 0 aliphatic carbocycles. The first-order valence-corrected chi connectivity index (χ1v) is 17.6. The van der Waals surface area contributed by atoms with Crippen LogP contribution in [0.2, 0.25) is 5.02 Å². The van der Waals surface area contributed by atoms with Crippen LogP contribution in [0, 0.1) is 24.2 Å². The molecule has 1 aliphatic rings. The van der Waals surface area contributed by atoms with E-state index in [0.717, 1.165) is 11.1 Å². The van der Waals surface area contributed by atoms with Crippen LogP contribution in [0.4, 0.5) is 0 Å². The third-order valence-corrected chi connectivity index (χ3v) is 9.65. The highest BCUT2D eigenvalue weighted by atomic mass is 35.5. The SMILES string of the molecule is CC(=O)c1ccc([C@H](Cl)[C@H](O)[C@@H](C)[C@@H]2C/C=C/C(=O)N[C@H](Cc3ccc(C)c(Cl)c3)C(=O)NCC(C)(C)C(=O)O[C@@H](CC(C)C)C(=O)O2)cc1. The van der Waals surface area contributed by atoms with Gasteiger partial charge in [-0.3, -0.25) is 19.2 Å². The molecule has 2 aromatic rings. The Morgan fingerprint density at radius 2 is 1.70 bits per heavy atom. The summed E-state index contributed by atoms with van der Waals surface area (Å²) in [5, 5.41) is 16.4. The van der Waals surface area contributed by atoms with Gasteiger partial charge >= 0.3 is 11.9 Å². The lowest BCUT2D eigenvalue weighted by Gasteiger charge is -2.32. The second-order valence-corrected chi connectivity index (χ2v) is 14.9. The number of aliphatic hydroxyl groups excluding tert-OH is 1. The van der Waals surface area contributed by atoms with Gasteiger partial charge in [0.1, 0.15) is 12.1 Å². The fraction of sp³-hybridized carbons (Fsp3) is 0.500. The van der Waals surface area contributed by atoms with Crippen molar-refractivity contribution in [3.63, 3.8) is 0 Å². The third kappa shape index (κ3) is 11.4. The minimum Gasteiger partial charge on any atom is -0.459 e. The average Bonchev–Trinajstić information content (AvgIpc) is 3.06. The molecule has 2 amide bonds. The summed E-state index contributed by atoms with van der Waals surface area (Å²) in [5.74, 6) is -3.57. The number of hydrogen-bond acceptors (Lipinski definition) is 8. The Kier molecular flexibility index (Phi) is 14.6. The fourth-order valence-electron chi connectivity index (χ4n) is 5.33. The normalized spacial score (nSPS) is 23.1. The van der Waals surface area contributed by atoms with Crippen molar-refractivity contribution in [2.24, 2.45) is 17.3 Å². The molecule has 0 unspecified atom stereocenters. The molecule has 0 saturated heterocycles. The van der Waals surface area contributed by atoms with Crippen molar-refractivity contribution in [1.29, 1.82) is 0 Å². The lowest BCUT2D eigenvalue weighted by Crippen LogP contribution is -2.51. The second kappa shape index (κ2) is 18.0. The number of benzene rings is 2.